The molecule has 1 aromatic carbocycles. The third-order valence-electron chi connectivity index (χ3n) is 2.52. The van der Waals surface area contributed by atoms with Gasteiger partial charge in [-0.05, 0) is 53.5 Å². The number of hydrogen-bond donors (Lipinski definition) is 2. The number of nitrogens with one attached hydrogen (secondary N) is 2. The summed E-state index contributed by atoms with van der Waals surface area (Å²) in [7, 11) is 0. The Morgan fingerprint density at radius 3 is 2.78 bits per heavy atom. The molecule has 0 unspecified atom stereocenters. The van der Waals surface area contributed by atoms with E-state index in [4.69, 9.17) is 0 Å². The van der Waals surface area contributed by atoms with Gasteiger partial charge in [0.15, 0.2) is 0 Å². The monoisotopic (exact) mass is 305 g/mol. The molecule has 0 saturated carbocycles. The smallest absolute Gasteiger partial charge is 0.127 e. The molecule has 1 aromatic heterocycles. The summed E-state index contributed by atoms with van der Waals surface area (Å²) < 4.78 is 1.06. The molecule has 0 radical (unpaired) electrons. The van der Waals surface area contributed by atoms with E-state index in [0.29, 0.717) is 0 Å². The SMILES string of the molecule is CCNc1cc(Nc2ccc(C)cc2Br)ccn1. The van der Waals surface area contributed by atoms with Gasteiger partial charge < -0.3 is 10.6 Å². The molecule has 2 rings (SSSR count). The van der Waals surface area contributed by atoms with Crippen molar-refractivity contribution in [2.75, 3.05) is 17.2 Å². The van der Waals surface area contributed by atoms with Gasteiger partial charge in [0, 0.05) is 29.0 Å². The lowest BCUT2D eigenvalue weighted by atomic mass is 10.2. The molecule has 0 spiro atoms. The van der Waals surface area contributed by atoms with E-state index >= 15 is 0 Å². The maximum atomic E-state index is 4.24. The Balaban J connectivity index is 2.20. The van der Waals surface area contributed by atoms with Crippen LogP contribution in [-0.4, -0.2) is 11.5 Å². The predicted octanol–water partition coefficient (Wildman–Crippen LogP) is 4.33. The van der Waals surface area contributed by atoms with Crippen LogP contribution in [0.1, 0.15) is 12.5 Å². The first kappa shape index (κ1) is 12.9. The summed E-state index contributed by atoms with van der Waals surface area (Å²) in [5.74, 6) is 0.880. The van der Waals surface area contributed by atoms with Crippen LogP contribution in [0.25, 0.3) is 0 Å². The molecule has 18 heavy (non-hydrogen) atoms. The van der Waals surface area contributed by atoms with E-state index in [0.717, 1.165) is 28.2 Å². The Bertz CT molecular complexity index is 540. The van der Waals surface area contributed by atoms with Crippen LogP contribution in [0.3, 0.4) is 0 Å². The minimum atomic E-state index is 0.866. The molecule has 0 fully saturated rings. The quantitative estimate of drug-likeness (QED) is 0.883. The molecule has 0 atom stereocenters. The van der Waals surface area contributed by atoms with Crippen molar-refractivity contribution in [2.24, 2.45) is 0 Å². The van der Waals surface area contributed by atoms with Gasteiger partial charge >= 0.3 is 0 Å². The number of benzene rings is 1. The highest BCUT2D eigenvalue weighted by Gasteiger charge is 2.01. The van der Waals surface area contributed by atoms with Gasteiger partial charge in [-0.3, -0.25) is 0 Å². The first-order valence-corrected chi connectivity index (χ1v) is 6.71. The number of hydrogen-bond acceptors (Lipinski definition) is 3. The minimum Gasteiger partial charge on any atom is -0.370 e. The number of anilines is 3. The second-order valence-corrected chi connectivity index (χ2v) is 4.92. The molecule has 94 valence electrons. The number of pyridine rings is 1. The zero-order chi connectivity index (χ0) is 13.0. The fraction of sp³-hybridized carbons (Fsp3) is 0.214. The molecule has 4 heteroatoms. The second-order valence-electron chi connectivity index (χ2n) is 4.07. The van der Waals surface area contributed by atoms with Gasteiger partial charge in [0.1, 0.15) is 5.82 Å². The molecule has 2 N–H and O–H groups in total. The summed E-state index contributed by atoms with van der Waals surface area (Å²) in [6.45, 7) is 4.99. The number of aryl methyl sites for hydroxylation is 1. The Morgan fingerprint density at radius 1 is 1.22 bits per heavy atom. The first-order valence-electron chi connectivity index (χ1n) is 5.92. The molecule has 0 aliphatic carbocycles. The van der Waals surface area contributed by atoms with Crippen LogP contribution in [-0.2, 0) is 0 Å². The van der Waals surface area contributed by atoms with Gasteiger partial charge in [-0.15, -0.1) is 0 Å². The molecule has 3 nitrogen and oxygen atoms in total. The Kier molecular flexibility index (Phi) is 4.20. The topological polar surface area (TPSA) is 37.0 Å². The predicted molar refractivity (Wildman–Crippen MR) is 80.6 cm³/mol. The van der Waals surface area contributed by atoms with Crippen LogP contribution in [0, 0.1) is 6.92 Å². The van der Waals surface area contributed by atoms with E-state index in [1.54, 1.807) is 6.20 Å². The highest BCUT2D eigenvalue weighted by atomic mass is 79.9. The number of aromatic nitrogens is 1. The van der Waals surface area contributed by atoms with Crippen LogP contribution < -0.4 is 10.6 Å². The summed E-state index contributed by atoms with van der Waals surface area (Å²) in [5.41, 5.74) is 3.30. The standard InChI is InChI=1S/C14H16BrN3/c1-3-16-14-9-11(6-7-17-14)18-13-5-4-10(2)8-12(13)15/h4-9H,3H2,1-2H3,(H2,16,17,18). The third kappa shape index (κ3) is 3.23. The van der Waals surface area contributed by atoms with Crippen LogP contribution in [0.2, 0.25) is 0 Å². The van der Waals surface area contributed by atoms with Crippen molar-refractivity contribution in [1.82, 2.24) is 4.98 Å². The molecule has 2 aromatic rings. The zero-order valence-corrected chi connectivity index (χ0v) is 12.1. The van der Waals surface area contributed by atoms with Crippen LogP contribution >= 0.6 is 15.9 Å². The van der Waals surface area contributed by atoms with E-state index in [1.165, 1.54) is 5.56 Å². The lowest BCUT2D eigenvalue weighted by Gasteiger charge is -2.10. The first-order chi connectivity index (χ1) is 8.69. The van der Waals surface area contributed by atoms with Crippen molar-refractivity contribution >= 4 is 33.1 Å². The fourth-order valence-electron chi connectivity index (χ4n) is 1.66. The Hall–Kier alpha value is -1.55. The van der Waals surface area contributed by atoms with Crippen LogP contribution in [0.5, 0.6) is 0 Å². The van der Waals surface area contributed by atoms with Gasteiger partial charge in [-0.2, -0.15) is 0 Å². The van der Waals surface area contributed by atoms with Gasteiger partial charge in [-0.25, -0.2) is 4.98 Å². The van der Waals surface area contributed by atoms with Crippen molar-refractivity contribution in [3.63, 3.8) is 0 Å². The second kappa shape index (κ2) is 5.87. The summed E-state index contributed by atoms with van der Waals surface area (Å²) in [4.78, 5) is 4.24. The lowest BCUT2D eigenvalue weighted by Crippen LogP contribution is -2.00. The molecule has 0 amide bonds. The lowest BCUT2D eigenvalue weighted by molar-refractivity contribution is 1.16. The number of rotatable bonds is 4. The molecular formula is C14H16BrN3. The van der Waals surface area contributed by atoms with Crippen molar-refractivity contribution in [1.29, 1.82) is 0 Å². The van der Waals surface area contributed by atoms with Crippen LogP contribution in [0.15, 0.2) is 41.0 Å². The van der Waals surface area contributed by atoms with Crippen LogP contribution in [0.4, 0.5) is 17.2 Å². The summed E-state index contributed by atoms with van der Waals surface area (Å²) >= 11 is 3.56. The molecule has 0 saturated heterocycles. The summed E-state index contributed by atoms with van der Waals surface area (Å²) in [5, 5.41) is 6.57. The van der Waals surface area contributed by atoms with Gasteiger partial charge in [0.25, 0.3) is 0 Å². The van der Waals surface area contributed by atoms with Crippen molar-refractivity contribution < 1.29 is 0 Å². The third-order valence-corrected chi connectivity index (χ3v) is 3.18. The van der Waals surface area contributed by atoms with Crippen molar-refractivity contribution in [3.05, 3.63) is 46.6 Å². The molecule has 0 bridgehead atoms. The highest BCUT2D eigenvalue weighted by Crippen LogP contribution is 2.27. The van der Waals surface area contributed by atoms with E-state index in [-0.39, 0.29) is 0 Å². The molecule has 0 aliphatic rings. The van der Waals surface area contributed by atoms with E-state index in [9.17, 15) is 0 Å². The van der Waals surface area contributed by atoms with E-state index in [1.807, 2.05) is 12.1 Å². The molecule has 0 aliphatic heterocycles. The van der Waals surface area contributed by atoms with Gasteiger partial charge in [0.2, 0.25) is 0 Å². The maximum absolute atomic E-state index is 4.24. The van der Waals surface area contributed by atoms with E-state index in [2.05, 4.69) is 63.6 Å². The van der Waals surface area contributed by atoms with Crippen molar-refractivity contribution in [2.45, 2.75) is 13.8 Å². The Morgan fingerprint density at radius 2 is 2.06 bits per heavy atom. The average Bonchev–Trinajstić information content (AvgIpc) is 2.34. The summed E-state index contributed by atoms with van der Waals surface area (Å²) in [6, 6.07) is 10.2. The number of nitrogens with zero attached hydrogens (tertiary/aromatic N) is 1. The minimum absolute atomic E-state index is 0.866. The zero-order valence-electron chi connectivity index (χ0n) is 10.5. The van der Waals surface area contributed by atoms with Gasteiger partial charge in [-0.1, -0.05) is 6.07 Å². The van der Waals surface area contributed by atoms with Crippen molar-refractivity contribution in [3.8, 4) is 0 Å². The average molecular weight is 306 g/mol. The maximum Gasteiger partial charge on any atom is 0.127 e. The molecule has 1 heterocycles. The van der Waals surface area contributed by atoms with E-state index < -0.39 is 0 Å². The normalized spacial score (nSPS) is 10.2. The van der Waals surface area contributed by atoms with Gasteiger partial charge in [0.05, 0.1) is 5.69 Å². The largest absolute Gasteiger partial charge is 0.370 e. The fourth-order valence-corrected chi connectivity index (χ4v) is 2.26. The summed E-state index contributed by atoms with van der Waals surface area (Å²) in [6.07, 6.45) is 1.79. The molecular weight excluding hydrogens is 290 g/mol. The highest BCUT2D eigenvalue weighted by molar-refractivity contribution is 9.10. The number of halogens is 1. The Labute approximate surface area is 116 Å².